The van der Waals surface area contributed by atoms with Gasteiger partial charge in [0.2, 0.25) is 0 Å². The van der Waals surface area contributed by atoms with Crippen LogP contribution >= 0.6 is 0 Å². The Kier molecular flexibility index (Phi) is 6.74. The van der Waals surface area contributed by atoms with Gasteiger partial charge in [-0.05, 0) is 20.8 Å². The highest BCUT2D eigenvalue weighted by atomic mass is 32.2. The fraction of sp³-hybridized carbons (Fsp3) is 0.952. The second-order valence-electron chi connectivity index (χ2n) is 10.7. The first kappa shape index (κ1) is 24.4. The van der Waals surface area contributed by atoms with Crippen LogP contribution in [0.3, 0.4) is 0 Å². The first-order chi connectivity index (χ1) is 13.1. The molecule has 8 heteroatoms. The van der Waals surface area contributed by atoms with Gasteiger partial charge >= 0.3 is 6.09 Å². The van der Waals surface area contributed by atoms with E-state index in [0.29, 0.717) is 39.4 Å². The predicted octanol–water partition coefficient (Wildman–Crippen LogP) is 2.80. The monoisotopic (exact) mass is 432 g/mol. The molecule has 2 saturated heterocycles. The van der Waals surface area contributed by atoms with Crippen molar-refractivity contribution in [3.63, 3.8) is 0 Å². The maximum Gasteiger partial charge on any atom is 0.410 e. The van der Waals surface area contributed by atoms with Crippen molar-refractivity contribution in [3.05, 3.63) is 0 Å². The summed E-state index contributed by atoms with van der Waals surface area (Å²) >= 11 is 0. The zero-order valence-electron chi connectivity index (χ0n) is 19.5. The Bertz CT molecular complexity index is 691. The highest BCUT2D eigenvalue weighted by Crippen LogP contribution is 2.41. The minimum Gasteiger partial charge on any atom is -0.437 e. The van der Waals surface area contributed by atoms with Crippen molar-refractivity contribution < 1.29 is 22.7 Å². The number of nitrogens with zero attached hydrogens (tertiary/aromatic N) is 2. The average molecular weight is 433 g/mol. The van der Waals surface area contributed by atoms with Crippen molar-refractivity contribution in [3.8, 4) is 0 Å². The zero-order valence-corrected chi connectivity index (χ0v) is 20.3. The molecule has 0 saturated carbocycles. The highest BCUT2D eigenvalue weighted by Gasteiger charge is 2.53. The molecule has 170 valence electrons. The van der Waals surface area contributed by atoms with Gasteiger partial charge in [0.15, 0.2) is 15.4 Å². The SMILES string of the molecule is CCN(CC(C)(C)C(C)(C)N1CCS(=O)(=O)CC1)C(=O)OC1(C(C)(C)C)COC1. The third-order valence-corrected chi connectivity index (χ3v) is 8.95. The molecule has 2 fully saturated rings. The quantitative estimate of drug-likeness (QED) is 0.642. The second kappa shape index (κ2) is 8.00. The molecule has 0 bridgehead atoms. The van der Waals surface area contributed by atoms with Gasteiger partial charge in [0.05, 0.1) is 24.7 Å². The Morgan fingerprint density at radius 1 is 1.07 bits per heavy atom. The molecule has 0 aromatic carbocycles. The van der Waals surface area contributed by atoms with Gasteiger partial charge in [-0.25, -0.2) is 13.2 Å². The standard InChI is InChI=1S/C21H40N2O5S/c1-9-22(17(24)28-21(15-27-16-21)18(2,3)4)14-19(5,6)20(7,8)23-10-12-29(25,26)13-11-23/h9-16H2,1-8H3. The molecule has 0 aromatic rings. The Morgan fingerprint density at radius 2 is 1.59 bits per heavy atom. The highest BCUT2D eigenvalue weighted by molar-refractivity contribution is 7.91. The molecule has 2 aliphatic rings. The first-order valence-electron chi connectivity index (χ1n) is 10.6. The van der Waals surface area contributed by atoms with Gasteiger partial charge in [-0.15, -0.1) is 0 Å². The van der Waals surface area contributed by atoms with Crippen LogP contribution < -0.4 is 0 Å². The van der Waals surface area contributed by atoms with Gasteiger partial charge in [0, 0.05) is 42.5 Å². The molecule has 0 atom stereocenters. The van der Waals surface area contributed by atoms with Gasteiger partial charge in [0.1, 0.15) is 0 Å². The molecule has 0 spiro atoms. The summed E-state index contributed by atoms with van der Waals surface area (Å²) in [5.41, 5.74) is -1.33. The molecule has 7 nitrogen and oxygen atoms in total. The van der Waals surface area contributed by atoms with Crippen LogP contribution in [0.25, 0.3) is 0 Å². The van der Waals surface area contributed by atoms with Gasteiger partial charge in [-0.1, -0.05) is 34.6 Å². The molecule has 2 rings (SSSR count). The topological polar surface area (TPSA) is 76.2 Å². The largest absolute Gasteiger partial charge is 0.437 e. The number of carbonyl (C=O) groups is 1. The van der Waals surface area contributed by atoms with E-state index in [0.717, 1.165) is 0 Å². The van der Waals surface area contributed by atoms with Crippen molar-refractivity contribution in [2.24, 2.45) is 10.8 Å². The minimum absolute atomic E-state index is 0.195. The van der Waals surface area contributed by atoms with Crippen LogP contribution in [0.1, 0.15) is 55.4 Å². The van der Waals surface area contributed by atoms with Crippen LogP contribution in [0.2, 0.25) is 0 Å². The molecule has 2 aliphatic heterocycles. The molecule has 0 radical (unpaired) electrons. The summed E-state index contributed by atoms with van der Waals surface area (Å²) < 4.78 is 35.0. The number of hydrogen-bond donors (Lipinski definition) is 0. The average Bonchev–Trinajstić information content (AvgIpc) is 2.54. The first-order valence-corrected chi connectivity index (χ1v) is 12.4. The van der Waals surface area contributed by atoms with E-state index in [2.05, 4.69) is 53.4 Å². The van der Waals surface area contributed by atoms with Crippen molar-refractivity contribution in [2.75, 3.05) is 50.9 Å². The lowest BCUT2D eigenvalue weighted by molar-refractivity contribution is -0.231. The maximum atomic E-state index is 13.1. The normalized spacial score (nSPS) is 22.6. The number of ether oxygens (including phenoxy) is 2. The molecule has 0 N–H and O–H groups in total. The third-order valence-electron chi connectivity index (χ3n) is 7.34. The molecule has 29 heavy (non-hydrogen) atoms. The van der Waals surface area contributed by atoms with Crippen LogP contribution in [-0.4, -0.2) is 86.3 Å². The predicted molar refractivity (Wildman–Crippen MR) is 115 cm³/mol. The fourth-order valence-electron chi connectivity index (χ4n) is 3.84. The number of carbonyl (C=O) groups excluding carboxylic acids is 1. The van der Waals surface area contributed by atoms with Crippen LogP contribution in [0.4, 0.5) is 4.79 Å². The minimum atomic E-state index is -2.93. The lowest BCUT2D eigenvalue weighted by Gasteiger charge is -2.53. The number of sulfone groups is 1. The van der Waals surface area contributed by atoms with Crippen molar-refractivity contribution >= 4 is 15.9 Å². The molecule has 0 aromatic heterocycles. The number of hydrogen-bond acceptors (Lipinski definition) is 6. The van der Waals surface area contributed by atoms with Crippen LogP contribution in [0.15, 0.2) is 0 Å². The van der Waals surface area contributed by atoms with Gasteiger partial charge in [-0.2, -0.15) is 0 Å². The summed E-state index contributed by atoms with van der Waals surface area (Å²) in [6.45, 7) is 19.7. The Balaban J connectivity index is 2.10. The van der Waals surface area contributed by atoms with E-state index in [1.807, 2.05) is 6.92 Å². The molecule has 1 amide bonds. The molecular weight excluding hydrogens is 392 g/mol. The summed E-state index contributed by atoms with van der Waals surface area (Å²) in [5.74, 6) is 0.389. The van der Waals surface area contributed by atoms with E-state index < -0.39 is 15.4 Å². The summed E-state index contributed by atoms with van der Waals surface area (Å²) in [5, 5.41) is 0. The number of amides is 1. The summed E-state index contributed by atoms with van der Waals surface area (Å²) in [7, 11) is -2.93. The maximum absolute atomic E-state index is 13.1. The zero-order chi connectivity index (χ0) is 22.3. The van der Waals surface area contributed by atoms with Crippen LogP contribution in [0, 0.1) is 10.8 Å². The van der Waals surface area contributed by atoms with Crippen LogP contribution in [0.5, 0.6) is 0 Å². The van der Waals surface area contributed by atoms with E-state index in [-0.39, 0.29) is 34.0 Å². The lowest BCUT2D eigenvalue weighted by atomic mass is 9.72. The van der Waals surface area contributed by atoms with Gasteiger partial charge in [-0.3, -0.25) is 4.90 Å². The molecular formula is C21H40N2O5S. The van der Waals surface area contributed by atoms with E-state index in [1.54, 1.807) is 4.90 Å². The van der Waals surface area contributed by atoms with Gasteiger partial charge in [0.25, 0.3) is 0 Å². The van der Waals surface area contributed by atoms with Crippen molar-refractivity contribution in [1.29, 1.82) is 0 Å². The second-order valence-corrected chi connectivity index (χ2v) is 13.0. The lowest BCUT2D eigenvalue weighted by Crippen LogP contribution is -2.64. The van der Waals surface area contributed by atoms with Crippen molar-refractivity contribution in [2.45, 2.75) is 66.5 Å². The number of rotatable bonds is 6. The van der Waals surface area contributed by atoms with E-state index in [9.17, 15) is 13.2 Å². The summed E-state index contributed by atoms with van der Waals surface area (Å²) in [6, 6.07) is 0. The van der Waals surface area contributed by atoms with E-state index in [4.69, 9.17) is 9.47 Å². The third kappa shape index (κ3) is 4.90. The molecule has 0 aliphatic carbocycles. The Labute approximate surface area is 177 Å². The molecule has 0 unspecified atom stereocenters. The summed E-state index contributed by atoms with van der Waals surface area (Å²) in [6.07, 6.45) is -0.309. The summed E-state index contributed by atoms with van der Waals surface area (Å²) in [4.78, 5) is 17.0. The van der Waals surface area contributed by atoms with Crippen LogP contribution in [-0.2, 0) is 19.3 Å². The van der Waals surface area contributed by atoms with Gasteiger partial charge < -0.3 is 14.4 Å². The van der Waals surface area contributed by atoms with E-state index in [1.165, 1.54) is 0 Å². The Hall–Kier alpha value is -0.860. The fourth-order valence-corrected chi connectivity index (χ4v) is 5.04. The molecule has 2 heterocycles. The Morgan fingerprint density at radius 3 is 1.97 bits per heavy atom. The smallest absolute Gasteiger partial charge is 0.410 e. The van der Waals surface area contributed by atoms with Crippen molar-refractivity contribution in [1.82, 2.24) is 9.80 Å². The van der Waals surface area contributed by atoms with E-state index >= 15 is 0 Å².